The number of nitrogens with one attached hydrogen (secondary N) is 1. The fourth-order valence-electron chi connectivity index (χ4n) is 1.85. The standard InChI is InChI=1S/C14H16N2O3/c1-9(14(17)18)7-13-15-8-11(16-13)10-5-3-4-6-12(10)19-2/h3-6,8-9H,7H2,1-2H3,(H,15,16)(H,17,18). The first-order chi connectivity index (χ1) is 9.11. The Morgan fingerprint density at radius 1 is 1.47 bits per heavy atom. The second kappa shape index (κ2) is 5.56. The largest absolute Gasteiger partial charge is 0.496 e. The van der Waals surface area contributed by atoms with Crippen molar-refractivity contribution >= 4 is 5.97 Å². The summed E-state index contributed by atoms with van der Waals surface area (Å²) in [6.07, 6.45) is 2.08. The van der Waals surface area contributed by atoms with Crippen LogP contribution in [-0.4, -0.2) is 28.2 Å². The van der Waals surface area contributed by atoms with Crippen molar-refractivity contribution in [3.63, 3.8) is 0 Å². The first kappa shape index (κ1) is 13.1. The lowest BCUT2D eigenvalue weighted by Crippen LogP contribution is -2.12. The molecule has 2 N–H and O–H groups in total. The van der Waals surface area contributed by atoms with E-state index in [9.17, 15) is 4.79 Å². The van der Waals surface area contributed by atoms with E-state index in [1.807, 2.05) is 24.3 Å². The number of H-pyrrole nitrogens is 1. The van der Waals surface area contributed by atoms with Crippen molar-refractivity contribution in [2.75, 3.05) is 7.11 Å². The van der Waals surface area contributed by atoms with Gasteiger partial charge in [-0.1, -0.05) is 19.1 Å². The van der Waals surface area contributed by atoms with Gasteiger partial charge in [0.15, 0.2) is 0 Å². The summed E-state index contributed by atoms with van der Waals surface area (Å²) in [5.41, 5.74) is 1.73. The molecule has 1 aromatic heterocycles. The van der Waals surface area contributed by atoms with Gasteiger partial charge in [-0.3, -0.25) is 4.79 Å². The average molecular weight is 260 g/mol. The topological polar surface area (TPSA) is 75.2 Å². The molecule has 0 saturated carbocycles. The van der Waals surface area contributed by atoms with Gasteiger partial charge in [-0.25, -0.2) is 4.98 Å². The molecule has 2 rings (SSSR count). The molecule has 1 heterocycles. The van der Waals surface area contributed by atoms with E-state index in [1.54, 1.807) is 20.2 Å². The van der Waals surface area contributed by atoms with Crippen LogP contribution in [0.2, 0.25) is 0 Å². The van der Waals surface area contributed by atoms with Crippen LogP contribution in [0.1, 0.15) is 12.7 Å². The molecule has 1 atom stereocenters. The third kappa shape index (κ3) is 2.93. The second-order valence-electron chi connectivity index (χ2n) is 4.39. The van der Waals surface area contributed by atoms with Crippen LogP contribution in [0.5, 0.6) is 5.75 Å². The number of nitrogens with zero attached hydrogens (tertiary/aromatic N) is 1. The van der Waals surface area contributed by atoms with Crippen molar-refractivity contribution < 1.29 is 14.6 Å². The lowest BCUT2D eigenvalue weighted by atomic mass is 10.1. The highest BCUT2D eigenvalue weighted by atomic mass is 16.5. The molecule has 1 aromatic carbocycles. The monoisotopic (exact) mass is 260 g/mol. The van der Waals surface area contributed by atoms with Gasteiger partial charge in [0.2, 0.25) is 0 Å². The Bertz CT molecular complexity index is 578. The summed E-state index contributed by atoms with van der Waals surface area (Å²) in [6.45, 7) is 1.66. The van der Waals surface area contributed by atoms with Crippen LogP contribution in [0, 0.1) is 5.92 Å². The third-order valence-corrected chi connectivity index (χ3v) is 2.95. The normalized spacial score (nSPS) is 12.1. The minimum absolute atomic E-state index is 0.379. The highest BCUT2D eigenvalue weighted by Crippen LogP contribution is 2.28. The number of ether oxygens (including phenoxy) is 1. The van der Waals surface area contributed by atoms with Gasteiger partial charge in [0, 0.05) is 12.0 Å². The number of aliphatic carboxylic acids is 1. The van der Waals surface area contributed by atoms with Gasteiger partial charge >= 0.3 is 5.97 Å². The van der Waals surface area contributed by atoms with Crippen LogP contribution in [-0.2, 0) is 11.2 Å². The van der Waals surface area contributed by atoms with E-state index in [2.05, 4.69) is 9.97 Å². The molecule has 0 fully saturated rings. The number of benzene rings is 1. The molecular weight excluding hydrogens is 244 g/mol. The molecule has 19 heavy (non-hydrogen) atoms. The molecule has 0 bridgehead atoms. The predicted molar refractivity (Wildman–Crippen MR) is 71.1 cm³/mol. The number of methoxy groups -OCH3 is 1. The summed E-state index contributed by atoms with van der Waals surface area (Å²) in [7, 11) is 1.61. The van der Waals surface area contributed by atoms with E-state index in [1.165, 1.54) is 0 Å². The van der Waals surface area contributed by atoms with Gasteiger partial charge in [-0.15, -0.1) is 0 Å². The highest BCUT2D eigenvalue weighted by molar-refractivity contribution is 5.70. The number of hydrogen-bond donors (Lipinski definition) is 2. The quantitative estimate of drug-likeness (QED) is 0.865. The Morgan fingerprint density at radius 3 is 2.89 bits per heavy atom. The van der Waals surface area contributed by atoms with Crippen LogP contribution >= 0.6 is 0 Å². The molecule has 0 spiro atoms. The zero-order valence-electron chi connectivity index (χ0n) is 10.9. The van der Waals surface area contributed by atoms with Crippen LogP contribution in [0.25, 0.3) is 11.3 Å². The van der Waals surface area contributed by atoms with E-state index >= 15 is 0 Å². The number of rotatable bonds is 5. The van der Waals surface area contributed by atoms with Gasteiger partial charge in [-0.05, 0) is 12.1 Å². The molecule has 0 aliphatic carbocycles. The molecule has 0 radical (unpaired) electrons. The van der Waals surface area contributed by atoms with Gasteiger partial charge in [-0.2, -0.15) is 0 Å². The van der Waals surface area contributed by atoms with Gasteiger partial charge in [0.25, 0.3) is 0 Å². The summed E-state index contributed by atoms with van der Waals surface area (Å²) in [6, 6.07) is 7.61. The van der Waals surface area contributed by atoms with Crippen molar-refractivity contribution in [2.45, 2.75) is 13.3 Å². The second-order valence-corrected chi connectivity index (χ2v) is 4.39. The predicted octanol–water partition coefficient (Wildman–Crippen LogP) is 2.35. The van der Waals surface area contributed by atoms with Crippen molar-refractivity contribution in [3.05, 3.63) is 36.3 Å². The number of carboxylic acids is 1. The number of aromatic amines is 1. The summed E-state index contributed by atoms with van der Waals surface area (Å²) < 4.78 is 5.29. The minimum Gasteiger partial charge on any atom is -0.496 e. The van der Waals surface area contributed by atoms with E-state index in [-0.39, 0.29) is 0 Å². The molecule has 5 nitrogen and oxygen atoms in total. The molecule has 100 valence electrons. The summed E-state index contributed by atoms with van der Waals surface area (Å²) >= 11 is 0. The molecule has 5 heteroatoms. The van der Waals surface area contributed by atoms with Crippen LogP contribution in [0.3, 0.4) is 0 Å². The van der Waals surface area contributed by atoms with E-state index in [0.717, 1.165) is 17.0 Å². The molecule has 2 aromatic rings. The Kier molecular flexibility index (Phi) is 3.85. The zero-order chi connectivity index (χ0) is 13.8. The number of aromatic nitrogens is 2. The molecule has 0 amide bonds. The number of para-hydroxylation sites is 1. The maximum Gasteiger partial charge on any atom is 0.306 e. The zero-order valence-corrected chi connectivity index (χ0v) is 10.9. The first-order valence-electron chi connectivity index (χ1n) is 6.02. The van der Waals surface area contributed by atoms with E-state index in [4.69, 9.17) is 9.84 Å². The molecule has 0 aliphatic heterocycles. The van der Waals surface area contributed by atoms with Crippen LogP contribution in [0.4, 0.5) is 0 Å². The minimum atomic E-state index is -0.824. The number of imidazole rings is 1. The van der Waals surface area contributed by atoms with Gasteiger partial charge in [0.1, 0.15) is 11.6 Å². The van der Waals surface area contributed by atoms with Crippen molar-refractivity contribution in [3.8, 4) is 17.0 Å². The third-order valence-electron chi connectivity index (χ3n) is 2.95. The Labute approximate surface area is 111 Å². The fraction of sp³-hybridized carbons (Fsp3) is 0.286. The number of carboxylic acid groups (broad SMARTS) is 1. The summed E-state index contributed by atoms with van der Waals surface area (Å²) in [5, 5.41) is 8.89. The van der Waals surface area contributed by atoms with Gasteiger partial charge in [0.05, 0.1) is 24.9 Å². The number of carbonyl (C=O) groups is 1. The van der Waals surface area contributed by atoms with E-state index < -0.39 is 11.9 Å². The maximum atomic E-state index is 10.8. The lowest BCUT2D eigenvalue weighted by molar-refractivity contribution is -0.141. The van der Waals surface area contributed by atoms with Crippen molar-refractivity contribution in [1.29, 1.82) is 0 Å². The van der Waals surface area contributed by atoms with Crippen LogP contribution < -0.4 is 4.74 Å². The van der Waals surface area contributed by atoms with Gasteiger partial charge < -0.3 is 14.8 Å². The maximum absolute atomic E-state index is 10.8. The smallest absolute Gasteiger partial charge is 0.306 e. The van der Waals surface area contributed by atoms with E-state index in [0.29, 0.717) is 12.2 Å². The average Bonchev–Trinajstić information content (AvgIpc) is 2.86. The Morgan fingerprint density at radius 2 is 2.21 bits per heavy atom. The van der Waals surface area contributed by atoms with Crippen molar-refractivity contribution in [1.82, 2.24) is 9.97 Å². The van der Waals surface area contributed by atoms with Crippen molar-refractivity contribution in [2.24, 2.45) is 5.92 Å². The molecular formula is C14H16N2O3. The Balaban J connectivity index is 2.23. The Hall–Kier alpha value is -2.30. The first-order valence-corrected chi connectivity index (χ1v) is 6.02. The van der Waals surface area contributed by atoms with Crippen LogP contribution in [0.15, 0.2) is 30.5 Å². The molecule has 0 aliphatic rings. The molecule has 0 saturated heterocycles. The number of hydrogen-bond acceptors (Lipinski definition) is 3. The SMILES string of the molecule is COc1ccccc1-c1cnc(CC(C)C(=O)O)[nH]1. The fourth-order valence-corrected chi connectivity index (χ4v) is 1.85. The molecule has 1 unspecified atom stereocenters. The highest BCUT2D eigenvalue weighted by Gasteiger charge is 2.15. The summed E-state index contributed by atoms with van der Waals surface area (Å²) in [4.78, 5) is 18.2. The summed E-state index contributed by atoms with van der Waals surface area (Å²) in [5.74, 6) is 0.131. The lowest BCUT2D eigenvalue weighted by Gasteiger charge is -2.06.